The van der Waals surface area contributed by atoms with Gasteiger partial charge in [0.2, 0.25) is 0 Å². The zero-order valence-electron chi connectivity index (χ0n) is 13.9. The molecule has 11 heteroatoms. The number of aliphatic hydroxyl groups is 4. The Bertz CT molecular complexity index is 617. The van der Waals surface area contributed by atoms with E-state index in [4.69, 9.17) is 0 Å². The van der Waals surface area contributed by atoms with Crippen LogP contribution in [-0.4, -0.2) is 87.4 Å². The zero-order chi connectivity index (χ0) is 19.1. The molecular weight excluding hydrogens is 375 g/mol. The van der Waals surface area contributed by atoms with E-state index in [1.807, 2.05) is 0 Å². The first-order chi connectivity index (χ1) is 12.2. The second-order valence-electron chi connectivity index (χ2n) is 6.87. The maximum Gasteiger partial charge on any atom is 0.434 e. The number of halogens is 3. The second-order valence-corrected chi connectivity index (χ2v) is 7.70. The Balaban J connectivity index is 1.61. The molecule has 3 heterocycles. The third-order valence-corrected chi connectivity index (χ3v) is 5.95. The van der Waals surface area contributed by atoms with Crippen LogP contribution in [0, 0.1) is 5.92 Å². The van der Waals surface area contributed by atoms with Crippen molar-refractivity contribution in [3.63, 3.8) is 0 Å². The Labute approximate surface area is 152 Å². The first-order valence-corrected chi connectivity index (χ1v) is 9.25. The Kier molecular flexibility index (Phi) is 5.75. The molecule has 0 unspecified atom stereocenters. The fourth-order valence-electron chi connectivity index (χ4n) is 3.62. The third kappa shape index (κ3) is 3.97. The number of piperidine rings is 1. The van der Waals surface area contributed by atoms with Crippen molar-refractivity contribution >= 4 is 16.5 Å². The van der Waals surface area contributed by atoms with E-state index in [1.54, 1.807) is 9.80 Å². The molecule has 148 valence electrons. The molecule has 0 aliphatic carbocycles. The lowest BCUT2D eigenvalue weighted by molar-refractivity contribution is -0.146. The fourth-order valence-corrected chi connectivity index (χ4v) is 4.48. The van der Waals surface area contributed by atoms with Gasteiger partial charge in [0.25, 0.3) is 0 Å². The van der Waals surface area contributed by atoms with Crippen molar-refractivity contribution < 1.29 is 33.6 Å². The molecule has 0 aromatic carbocycles. The highest BCUT2D eigenvalue weighted by molar-refractivity contribution is 7.13. The van der Waals surface area contributed by atoms with Gasteiger partial charge in [0.1, 0.15) is 12.2 Å². The van der Waals surface area contributed by atoms with Gasteiger partial charge in [-0.3, -0.25) is 4.90 Å². The largest absolute Gasteiger partial charge is 0.434 e. The minimum Gasteiger partial charge on any atom is -0.395 e. The van der Waals surface area contributed by atoms with E-state index >= 15 is 0 Å². The maximum atomic E-state index is 12.7. The number of alkyl halides is 3. The number of rotatable bonds is 4. The van der Waals surface area contributed by atoms with Gasteiger partial charge in [-0.1, -0.05) is 0 Å². The topological polar surface area (TPSA) is 100 Å². The Morgan fingerprint density at radius 2 is 1.92 bits per heavy atom. The van der Waals surface area contributed by atoms with Crippen LogP contribution < -0.4 is 4.90 Å². The zero-order valence-corrected chi connectivity index (χ0v) is 14.7. The number of aromatic nitrogens is 1. The smallest absolute Gasteiger partial charge is 0.395 e. The van der Waals surface area contributed by atoms with E-state index in [-0.39, 0.29) is 19.1 Å². The molecule has 1 aromatic heterocycles. The van der Waals surface area contributed by atoms with Gasteiger partial charge in [0.05, 0.1) is 18.8 Å². The summed E-state index contributed by atoms with van der Waals surface area (Å²) in [6.45, 7) is 1.30. The molecule has 2 fully saturated rings. The molecule has 0 saturated carbocycles. The molecule has 2 saturated heterocycles. The summed E-state index contributed by atoms with van der Waals surface area (Å²) < 4.78 is 38.1. The average molecular weight is 397 g/mol. The first-order valence-electron chi connectivity index (χ1n) is 8.37. The lowest BCUT2D eigenvalue weighted by Gasteiger charge is -2.44. The van der Waals surface area contributed by atoms with Gasteiger partial charge in [-0.05, 0) is 12.3 Å². The van der Waals surface area contributed by atoms with Crippen molar-refractivity contribution in [1.82, 2.24) is 9.88 Å². The third-order valence-electron chi connectivity index (χ3n) is 5.05. The highest BCUT2D eigenvalue weighted by Crippen LogP contribution is 2.35. The summed E-state index contributed by atoms with van der Waals surface area (Å²) in [5, 5.41) is 40.4. The molecule has 3 rings (SSSR count). The molecule has 0 radical (unpaired) electrons. The lowest BCUT2D eigenvalue weighted by atomic mass is 9.93. The number of hydrogen-bond acceptors (Lipinski definition) is 8. The summed E-state index contributed by atoms with van der Waals surface area (Å²) in [4.78, 5) is 7.19. The molecule has 26 heavy (non-hydrogen) atoms. The van der Waals surface area contributed by atoms with Gasteiger partial charge >= 0.3 is 6.18 Å². The van der Waals surface area contributed by atoms with Crippen LogP contribution in [0.3, 0.4) is 0 Å². The highest BCUT2D eigenvalue weighted by Gasteiger charge is 2.42. The van der Waals surface area contributed by atoms with Crippen LogP contribution in [-0.2, 0) is 6.18 Å². The fraction of sp³-hybridized carbons (Fsp3) is 0.800. The van der Waals surface area contributed by atoms with E-state index in [1.165, 1.54) is 0 Å². The van der Waals surface area contributed by atoms with Gasteiger partial charge in [0.15, 0.2) is 10.8 Å². The minimum atomic E-state index is -4.46. The van der Waals surface area contributed by atoms with E-state index in [2.05, 4.69) is 4.98 Å². The number of likely N-dealkylation sites (tertiary alicyclic amines) is 1. The first kappa shape index (κ1) is 19.8. The van der Waals surface area contributed by atoms with Crippen molar-refractivity contribution in [1.29, 1.82) is 0 Å². The molecule has 2 aliphatic heterocycles. The number of nitrogens with zero attached hydrogens (tertiary/aromatic N) is 3. The summed E-state index contributed by atoms with van der Waals surface area (Å²) in [5.74, 6) is 0.0944. The van der Waals surface area contributed by atoms with E-state index < -0.39 is 36.2 Å². The van der Waals surface area contributed by atoms with Gasteiger partial charge in [0, 0.05) is 31.6 Å². The van der Waals surface area contributed by atoms with Gasteiger partial charge in [-0.2, -0.15) is 13.2 Å². The number of thiazole rings is 1. The summed E-state index contributed by atoms with van der Waals surface area (Å²) in [6, 6.07) is -0.681. The van der Waals surface area contributed by atoms with Crippen molar-refractivity contribution in [2.24, 2.45) is 5.92 Å². The lowest BCUT2D eigenvalue weighted by Crippen LogP contribution is -2.63. The van der Waals surface area contributed by atoms with Crippen molar-refractivity contribution in [3.8, 4) is 0 Å². The van der Waals surface area contributed by atoms with Crippen LogP contribution in [0.5, 0.6) is 0 Å². The van der Waals surface area contributed by atoms with Crippen LogP contribution in [0.15, 0.2) is 5.38 Å². The quantitative estimate of drug-likeness (QED) is 0.556. The summed E-state index contributed by atoms with van der Waals surface area (Å²) >= 11 is 0.956. The highest BCUT2D eigenvalue weighted by atomic mass is 32.1. The van der Waals surface area contributed by atoms with Crippen molar-refractivity contribution in [2.45, 2.75) is 37.0 Å². The van der Waals surface area contributed by atoms with Crippen LogP contribution in [0.1, 0.15) is 12.1 Å². The standard InChI is InChI=1S/C15H22F3N3O4S/c16-15(17,18)11-7-26-14(19-11)20-2-1-8(3-20)4-21-5-10(23)13(25)12(24)9(21)6-22/h7-10,12-13,22-25H,1-6H2/t8-,9+,10+,12-,13-/m1/s1. The van der Waals surface area contributed by atoms with Crippen molar-refractivity contribution in [3.05, 3.63) is 11.1 Å². The Hall–Kier alpha value is -0.980. The molecule has 0 spiro atoms. The van der Waals surface area contributed by atoms with Crippen molar-refractivity contribution in [2.75, 3.05) is 37.7 Å². The molecule has 1 aromatic rings. The van der Waals surface area contributed by atoms with Crippen LogP contribution >= 0.6 is 11.3 Å². The summed E-state index contributed by atoms with van der Waals surface area (Å²) in [6.07, 6.45) is -7.40. The number of anilines is 1. The molecule has 4 N–H and O–H groups in total. The second kappa shape index (κ2) is 7.56. The molecule has 5 atom stereocenters. The molecule has 0 amide bonds. The SMILES string of the molecule is OC[C@H]1[C@@H](O)[C@H](O)[C@@H](O)CN1C[C@@H]1CCN(c2nc(C(F)(F)F)cs2)C1. The molecule has 2 aliphatic rings. The average Bonchev–Trinajstić information content (AvgIpc) is 3.21. The van der Waals surface area contributed by atoms with Gasteiger partial charge < -0.3 is 25.3 Å². The number of β-amino-alcohol motifs (C(OH)–C–C–N with tert-alkyl or cyclic N) is 1. The predicted molar refractivity (Wildman–Crippen MR) is 87.9 cm³/mol. The van der Waals surface area contributed by atoms with Gasteiger partial charge in [-0.15, -0.1) is 11.3 Å². The number of aliphatic hydroxyl groups excluding tert-OH is 4. The van der Waals surface area contributed by atoms with E-state index in [0.29, 0.717) is 24.8 Å². The van der Waals surface area contributed by atoms with E-state index in [9.17, 15) is 33.6 Å². The van der Waals surface area contributed by atoms with Crippen LogP contribution in [0.25, 0.3) is 0 Å². The predicted octanol–water partition coefficient (Wildman–Crippen LogP) is -0.253. The monoisotopic (exact) mass is 397 g/mol. The van der Waals surface area contributed by atoms with E-state index in [0.717, 1.165) is 23.1 Å². The number of hydrogen-bond donors (Lipinski definition) is 4. The summed E-state index contributed by atoms with van der Waals surface area (Å²) in [7, 11) is 0. The molecule has 0 bridgehead atoms. The van der Waals surface area contributed by atoms with Gasteiger partial charge in [-0.25, -0.2) is 4.98 Å². The molecular formula is C15H22F3N3O4S. The molecule has 7 nitrogen and oxygen atoms in total. The van der Waals surface area contributed by atoms with Crippen LogP contribution in [0.4, 0.5) is 18.3 Å². The summed E-state index contributed by atoms with van der Waals surface area (Å²) in [5.41, 5.74) is -0.891. The Morgan fingerprint density at radius 1 is 1.19 bits per heavy atom. The van der Waals surface area contributed by atoms with Crippen LogP contribution in [0.2, 0.25) is 0 Å². The minimum absolute atomic E-state index is 0.0944. The normalized spacial score (nSPS) is 33.8. The Morgan fingerprint density at radius 3 is 2.54 bits per heavy atom. The maximum absolute atomic E-state index is 12.7.